The van der Waals surface area contributed by atoms with E-state index in [1.165, 1.54) is 6.33 Å². The predicted molar refractivity (Wildman–Crippen MR) is 80.6 cm³/mol. The maximum atomic E-state index is 11.4. The molecule has 1 fully saturated rings. The number of nitrogen functional groups attached to an aromatic ring is 1. The maximum Gasteiger partial charge on any atom is 0.264 e. The molecule has 4 N–H and O–H groups in total. The van der Waals surface area contributed by atoms with Gasteiger partial charge in [0.05, 0.1) is 12.9 Å². The molecule has 0 aromatic heterocycles. The predicted octanol–water partition coefficient (Wildman–Crippen LogP) is -1.39. The number of nitrogens with two attached hydrogens (primary N) is 1. The molecule has 132 valence electrons. The van der Waals surface area contributed by atoms with Crippen molar-refractivity contribution in [3.05, 3.63) is 11.6 Å². The molecule has 3 aliphatic rings. The second kappa shape index (κ2) is 6.06. The average molecular weight is 380 g/mol. The first kappa shape index (κ1) is 17.3. The van der Waals surface area contributed by atoms with E-state index in [4.69, 9.17) is 26.3 Å². The first-order chi connectivity index (χ1) is 11.2. The van der Waals surface area contributed by atoms with Gasteiger partial charge in [0, 0.05) is 0 Å². The van der Waals surface area contributed by atoms with Crippen LogP contribution in [0, 0.1) is 0 Å². The van der Waals surface area contributed by atoms with Crippen LogP contribution in [0.5, 0.6) is 0 Å². The van der Waals surface area contributed by atoms with Crippen LogP contribution in [-0.4, -0.2) is 69.3 Å². The van der Waals surface area contributed by atoms with E-state index in [0.29, 0.717) is 0 Å². The van der Waals surface area contributed by atoms with Gasteiger partial charge >= 0.3 is 0 Å². The normalized spacial score (nSPS) is 27.8. The van der Waals surface area contributed by atoms with E-state index in [1.54, 1.807) is 0 Å². The molecule has 0 aromatic carbocycles. The standard InChI is InChI=1S/C11H14ClN5O6S/c1-24(20,21)23-7-4(2-18)22-10(6(7)19)17-8(13)5-9(15-3-14-5)16-11(17)12/h3-4,6-7,10,18-19H,2,13H2,1H3/t4-,6-,7+,10-/m1/s1. The highest BCUT2D eigenvalue weighted by Gasteiger charge is 2.48. The van der Waals surface area contributed by atoms with Gasteiger partial charge in [0.25, 0.3) is 10.1 Å². The molecule has 0 radical (unpaired) electrons. The Morgan fingerprint density at radius 2 is 2.21 bits per heavy atom. The molecular weight excluding hydrogens is 366 g/mol. The highest BCUT2D eigenvalue weighted by Crippen LogP contribution is 2.37. The van der Waals surface area contributed by atoms with Gasteiger partial charge in [0.15, 0.2) is 12.1 Å². The molecule has 0 aliphatic carbocycles. The van der Waals surface area contributed by atoms with Gasteiger partial charge < -0.3 is 20.7 Å². The molecule has 0 bridgehead atoms. The molecule has 4 atom stereocenters. The number of hydrogen-bond acceptors (Lipinski definition) is 10. The number of nitrogens with zero attached hydrogens (tertiary/aromatic N) is 4. The van der Waals surface area contributed by atoms with Crippen LogP contribution in [0.15, 0.2) is 6.33 Å². The zero-order valence-corrected chi connectivity index (χ0v) is 13.8. The van der Waals surface area contributed by atoms with Crippen molar-refractivity contribution in [1.29, 1.82) is 0 Å². The van der Waals surface area contributed by atoms with Gasteiger partial charge in [-0.3, -0.25) is 8.75 Å². The van der Waals surface area contributed by atoms with Crippen molar-refractivity contribution in [1.82, 2.24) is 19.5 Å². The molecule has 3 aliphatic heterocycles. The van der Waals surface area contributed by atoms with Crippen molar-refractivity contribution in [3.63, 3.8) is 0 Å². The molecule has 0 spiro atoms. The van der Waals surface area contributed by atoms with Crippen LogP contribution < -0.4 is 5.73 Å². The second-order valence-corrected chi connectivity index (χ2v) is 7.12. The smallest absolute Gasteiger partial charge is 0.264 e. The minimum absolute atomic E-state index is 0.0169. The van der Waals surface area contributed by atoms with Gasteiger partial charge in [0.2, 0.25) is 5.28 Å². The Morgan fingerprint density at radius 3 is 2.83 bits per heavy atom. The molecule has 1 saturated heterocycles. The fourth-order valence-electron chi connectivity index (χ4n) is 2.52. The summed E-state index contributed by atoms with van der Waals surface area (Å²) >= 11 is 6.07. The fourth-order valence-corrected chi connectivity index (χ4v) is 3.43. The van der Waals surface area contributed by atoms with Gasteiger partial charge in [0.1, 0.15) is 36.2 Å². The number of aliphatic hydroxyl groups excluding tert-OH is 2. The van der Waals surface area contributed by atoms with Crippen LogP contribution in [-0.2, 0) is 19.0 Å². The first-order valence-corrected chi connectivity index (χ1v) is 8.89. The Balaban J connectivity index is 2.03. The number of ether oxygens (including phenoxy) is 1. The van der Waals surface area contributed by atoms with E-state index < -0.39 is 41.3 Å². The van der Waals surface area contributed by atoms with Gasteiger partial charge in [-0.2, -0.15) is 13.4 Å². The lowest BCUT2D eigenvalue weighted by Gasteiger charge is -2.23. The van der Waals surface area contributed by atoms with Gasteiger partial charge in [-0.15, -0.1) is 0 Å². The molecule has 3 heterocycles. The van der Waals surface area contributed by atoms with E-state index in [0.717, 1.165) is 10.8 Å². The van der Waals surface area contributed by atoms with Crippen LogP contribution in [0.3, 0.4) is 0 Å². The third-order valence-corrected chi connectivity index (χ3v) is 4.35. The highest BCUT2D eigenvalue weighted by molar-refractivity contribution is 7.86. The van der Waals surface area contributed by atoms with Crippen molar-refractivity contribution in [3.8, 4) is 11.5 Å². The van der Waals surface area contributed by atoms with Crippen LogP contribution in [0.1, 0.15) is 6.23 Å². The Kier molecular flexibility index (Phi) is 4.36. The van der Waals surface area contributed by atoms with E-state index in [1.807, 2.05) is 0 Å². The summed E-state index contributed by atoms with van der Waals surface area (Å²) in [5, 5.41) is 19.6. The number of hydrogen-bond donors (Lipinski definition) is 3. The maximum absolute atomic E-state index is 11.4. The number of halogens is 1. The van der Waals surface area contributed by atoms with Gasteiger partial charge in [-0.05, 0) is 11.6 Å². The number of rotatable bonds is 4. The van der Waals surface area contributed by atoms with Crippen LogP contribution >= 0.6 is 11.6 Å². The molecule has 0 unspecified atom stereocenters. The zero-order chi connectivity index (χ0) is 17.6. The van der Waals surface area contributed by atoms with Crippen LogP contribution in [0.25, 0.3) is 11.5 Å². The second-order valence-electron chi connectivity index (χ2n) is 5.19. The topological polar surface area (TPSA) is 163 Å². The first-order valence-electron chi connectivity index (χ1n) is 6.69. The molecule has 0 amide bonds. The van der Waals surface area contributed by atoms with E-state index in [-0.39, 0.29) is 22.6 Å². The number of aliphatic hydroxyl groups is 2. The number of fused-ring (bicyclic) bond motifs is 1. The minimum atomic E-state index is -3.90. The number of imidazole rings is 1. The molecule has 24 heavy (non-hydrogen) atoms. The van der Waals surface area contributed by atoms with Crippen molar-refractivity contribution in [2.75, 3.05) is 18.6 Å². The van der Waals surface area contributed by atoms with Crippen LogP contribution in [0.4, 0.5) is 5.82 Å². The minimum Gasteiger partial charge on any atom is -0.394 e. The van der Waals surface area contributed by atoms with E-state index >= 15 is 0 Å². The summed E-state index contributed by atoms with van der Waals surface area (Å²) in [5.41, 5.74) is 6.23. The summed E-state index contributed by atoms with van der Waals surface area (Å²) in [6.07, 6.45) is -3.09. The number of aromatic nitrogens is 4. The summed E-state index contributed by atoms with van der Waals surface area (Å²) in [6.45, 7) is -0.586. The molecule has 0 saturated carbocycles. The number of anilines is 1. The van der Waals surface area contributed by atoms with E-state index in [2.05, 4.69) is 15.0 Å². The summed E-state index contributed by atoms with van der Waals surface area (Å²) in [5.74, 6) is 0.229. The van der Waals surface area contributed by atoms with Crippen LogP contribution in [0.2, 0.25) is 5.28 Å². The van der Waals surface area contributed by atoms with E-state index in [9.17, 15) is 18.6 Å². The summed E-state index contributed by atoms with van der Waals surface area (Å²) in [4.78, 5) is 11.8. The Bertz CT molecular complexity index is 828. The summed E-state index contributed by atoms with van der Waals surface area (Å²) < 4.78 is 34.1. The molecule has 11 nitrogen and oxygen atoms in total. The fraction of sp³-hybridized carbons (Fsp3) is 0.545. The lowest BCUT2D eigenvalue weighted by molar-refractivity contribution is -0.0513. The van der Waals surface area contributed by atoms with Gasteiger partial charge in [-0.1, -0.05) is 0 Å². The molecule has 0 aromatic rings. The average Bonchev–Trinajstić information content (AvgIpc) is 3.05. The third-order valence-electron chi connectivity index (χ3n) is 3.51. The molecule has 3 rings (SSSR count). The third kappa shape index (κ3) is 2.92. The summed E-state index contributed by atoms with van der Waals surface area (Å²) in [6, 6.07) is 0. The van der Waals surface area contributed by atoms with Gasteiger partial charge in [-0.25, -0.2) is 9.97 Å². The SMILES string of the molecule is CS(=O)(=O)O[C@@H]1[C@@H](O)[C@H](n2c(Cl)nc3ncnc-3c2N)O[C@@H]1CO. The lowest BCUT2D eigenvalue weighted by Crippen LogP contribution is -2.38. The van der Waals surface area contributed by atoms with Crippen molar-refractivity contribution >= 4 is 27.5 Å². The zero-order valence-electron chi connectivity index (χ0n) is 12.3. The Hall–Kier alpha value is -1.57. The van der Waals surface area contributed by atoms with Crippen molar-refractivity contribution < 1.29 is 27.6 Å². The quantitative estimate of drug-likeness (QED) is 0.425. The molecular formula is C11H14ClN5O6S. The monoisotopic (exact) mass is 379 g/mol. The largest absolute Gasteiger partial charge is 0.394 e. The highest BCUT2D eigenvalue weighted by atomic mass is 35.5. The van der Waals surface area contributed by atoms with Crippen molar-refractivity contribution in [2.45, 2.75) is 24.5 Å². The Morgan fingerprint density at radius 1 is 1.50 bits per heavy atom. The molecule has 13 heteroatoms. The summed E-state index contributed by atoms with van der Waals surface area (Å²) in [7, 11) is -3.90. The Labute approximate surface area is 141 Å². The van der Waals surface area contributed by atoms with Crippen molar-refractivity contribution in [2.24, 2.45) is 0 Å². The lowest BCUT2D eigenvalue weighted by atomic mass is 10.1.